The van der Waals surface area contributed by atoms with Gasteiger partial charge in [-0.15, -0.1) is 0 Å². The van der Waals surface area contributed by atoms with Crippen molar-refractivity contribution in [1.82, 2.24) is 20.0 Å². The highest BCUT2D eigenvalue weighted by molar-refractivity contribution is 5.93. The number of rotatable bonds is 3. The van der Waals surface area contributed by atoms with Gasteiger partial charge in [-0.25, -0.2) is 0 Å². The standard InChI is InChI=1S/C23H25F3N6O2/c1-28-20(33)18-13-32(21(34)19-5-8-29-30(19)2)14-22(18)6-9-31(10-7-22)16-4-3-15(12-27)17(11-16)23(24,25)26/h3-5,8,11,18H,6-7,9-10,13-14H2,1-2H3,(H,28,33). The molecule has 1 spiro atoms. The number of aromatic nitrogens is 2. The molecule has 1 aromatic heterocycles. The molecule has 1 N–H and O–H groups in total. The average molecular weight is 474 g/mol. The SMILES string of the molecule is CNC(=O)C1CN(C(=O)c2ccnn2C)CC12CCN(c1ccc(C#N)c(C(F)(F)F)c1)CC2. The predicted molar refractivity (Wildman–Crippen MR) is 117 cm³/mol. The van der Waals surface area contributed by atoms with Gasteiger partial charge in [0.2, 0.25) is 5.91 Å². The Labute approximate surface area is 194 Å². The zero-order chi connectivity index (χ0) is 24.7. The Hall–Kier alpha value is -3.55. The molecule has 0 saturated carbocycles. The van der Waals surface area contributed by atoms with Crippen molar-refractivity contribution in [3.8, 4) is 6.07 Å². The van der Waals surface area contributed by atoms with Crippen molar-refractivity contribution in [1.29, 1.82) is 5.26 Å². The minimum Gasteiger partial charge on any atom is -0.371 e. The number of likely N-dealkylation sites (tertiary alicyclic amines) is 1. The first-order chi connectivity index (χ1) is 16.1. The summed E-state index contributed by atoms with van der Waals surface area (Å²) in [5.74, 6) is -0.759. The number of hydrogen-bond acceptors (Lipinski definition) is 5. The number of alkyl halides is 3. The maximum atomic E-state index is 13.4. The second-order valence-corrected chi connectivity index (χ2v) is 8.88. The molecule has 8 nitrogen and oxygen atoms in total. The van der Waals surface area contributed by atoms with Crippen molar-refractivity contribution in [3.05, 3.63) is 47.3 Å². The molecule has 34 heavy (non-hydrogen) atoms. The Morgan fingerprint density at radius 3 is 2.50 bits per heavy atom. The first kappa shape index (κ1) is 23.6. The molecule has 2 saturated heterocycles. The lowest BCUT2D eigenvalue weighted by Gasteiger charge is -2.43. The van der Waals surface area contributed by atoms with Crippen LogP contribution in [0.15, 0.2) is 30.5 Å². The largest absolute Gasteiger partial charge is 0.417 e. The third-order valence-electron chi connectivity index (χ3n) is 7.09. The Balaban J connectivity index is 1.56. The van der Waals surface area contributed by atoms with Gasteiger partial charge >= 0.3 is 6.18 Å². The highest BCUT2D eigenvalue weighted by atomic mass is 19.4. The van der Waals surface area contributed by atoms with Crippen LogP contribution in [0.1, 0.15) is 34.5 Å². The van der Waals surface area contributed by atoms with Gasteiger partial charge in [0.15, 0.2) is 0 Å². The number of nitrogens with zero attached hydrogens (tertiary/aromatic N) is 5. The quantitative estimate of drug-likeness (QED) is 0.738. The van der Waals surface area contributed by atoms with Crippen LogP contribution in [0.4, 0.5) is 18.9 Å². The number of benzene rings is 1. The number of nitrogens with one attached hydrogen (secondary N) is 1. The summed E-state index contributed by atoms with van der Waals surface area (Å²) < 4.78 is 41.7. The summed E-state index contributed by atoms with van der Waals surface area (Å²) in [6, 6.07) is 6.96. The highest BCUT2D eigenvalue weighted by Gasteiger charge is 2.52. The molecule has 11 heteroatoms. The molecule has 2 amide bonds. The zero-order valence-electron chi connectivity index (χ0n) is 18.9. The monoisotopic (exact) mass is 474 g/mol. The molecule has 2 aliphatic heterocycles. The number of nitriles is 1. The van der Waals surface area contributed by atoms with Crippen molar-refractivity contribution >= 4 is 17.5 Å². The summed E-state index contributed by atoms with van der Waals surface area (Å²) in [6.45, 7) is 1.54. The molecular weight excluding hydrogens is 449 g/mol. The maximum absolute atomic E-state index is 13.4. The molecule has 3 heterocycles. The van der Waals surface area contributed by atoms with Crippen LogP contribution < -0.4 is 10.2 Å². The van der Waals surface area contributed by atoms with E-state index >= 15 is 0 Å². The molecule has 2 aromatic rings. The summed E-state index contributed by atoms with van der Waals surface area (Å²) in [6.07, 6.45) is -2.00. The van der Waals surface area contributed by atoms with Crippen molar-refractivity contribution in [3.63, 3.8) is 0 Å². The Morgan fingerprint density at radius 2 is 1.94 bits per heavy atom. The maximum Gasteiger partial charge on any atom is 0.417 e. The number of aryl methyl sites for hydroxylation is 1. The van der Waals surface area contributed by atoms with E-state index in [-0.39, 0.29) is 18.4 Å². The molecule has 4 rings (SSSR count). The smallest absolute Gasteiger partial charge is 0.371 e. The Kier molecular flexibility index (Phi) is 6.02. The summed E-state index contributed by atoms with van der Waals surface area (Å²) in [4.78, 5) is 29.3. The second kappa shape index (κ2) is 8.66. The number of carbonyl (C=O) groups is 2. The topological polar surface area (TPSA) is 94.3 Å². The molecule has 180 valence electrons. The van der Waals surface area contributed by atoms with Gasteiger partial charge in [-0.1, -0.05) is 0 Å². The van der Waals surface area contributed by atoms with Gasteiger partial charge < -0.3 is 15.1 Å². The van der Waals surface area contributed by atoms with Gasteiger partial charge in [0.05, 0.1) is 23.1 Å². The fourth-order valence-corrected chi connectivity index (χ4v) is 5.18. The average Bonchev–Trinajstić information content (AvgIpc) is 3.41. The molecule has 1 unspecified atom stereocenters. The number of piperidine rings is 1. The summed E-state index contributed by atoms with van der Waals surface area (Å²) >= 11 is 0. The van der Waals surface area contributed by atoms with E-state index in [9.17, 15) is 22.8 Å². The fourth-order valence-electron chi connectivity index (χ4n) is 5.18. The highest BCUT2D eigenvalue weighted by Crippen LogP contribution is 2.46. The van der Waals surface area contributed by atoms with E-state index in [0.717, 1.165) is 6.07 Å². The van der Waals surface area contributed by atoms with Crippen molar-refractivity contribution in [2.45, 2.75) is 19.0 Å². The van der Waals surface area contributed by atoms with Crippen LogP contribution in [0.25, 0.3) is 0 Å². The molecule has 2 aliphatic rings. The summed E-state index contributed by atoms with van der Waals surface area (Å²) in [5.41, 5.74) is -1.01. The normalized spacial score (nSPS) is 19.8. The van der Waals surface area contributed by atoms with Crippen LogP contribution in [0.5, 0.6) is 0 Å². The molecule has 2 fully saturated rings. The number of halogens is 3. The molecule has 0 aliphatic carbocycles. The lowest BCUT2D eigenvalue weighted by atomic mass is 9.70. The van der Waals surface area contributed by atoms with Crippen LogP contribution in [0.3, 0.4) is 0 Å². The van der Waals surface area contributed by atoms with Gasteiger partial charge in [0.1, 0.15) is 5.69 Å². The Morgan fingerprint density at radius 1 is 1.24 bits per heavy atom. The van der Waals surface area contributed by atoms with E-state index in [1.165, 1.54) is 16.8 Å². The third-order valence-corrected chi connectivity index (χ3v) is 7.09. The zero-order valence-corrected chi connectivity index (χ0v) is 18.9. The number of amides is 2. The lowest BCUT2D eigenvalue weighted by molar-refractivity contribution is -0.137. The molecule has 1 atom stereocenters. The van der Waals surface area contributed by atoms with Gasteiger partial charge in [-0.2, -0.15) is 23.5 Å². The van der Waals surface area contributed by atoms with Crippen LogP contribution in [0, 0.1) is 22.7 Å². The van der Waals surface area contributed by atoms with Crippen LogP contribution >= 0.6 is 0 Å². The molecular formula is C23H25F3N6O2. The molecule has 1 aromatic carbocycles. The number of hydrogen-bond donors (Lipinski definition) is 1. The second-order valence-electron chi connectivity index (χ2n) is 8.88. The molecule has 0 radical (unpaired) electrons. The van der Waals surface area contributed by atoms with E-state index in [0.29, 0.717) is 43.9 Å². The van der Waals surface area contributed by atoms with Gasteiger partial charge in [-0.05, 0) is 37.1 Å². The van der Waals surface area contributed by atoms with E-state index in [1.54, 1.807) is 37.3 Å². The van der Waals surface area contributed by atoms with E-state index < -0.39 is 28.6 Å². The molecule has 0 bridgehead atoms. The Bertz CT molecular complexity index is 1140. The fraction of sp³-hybridized carbons (Fsp3) is 0.478. The van der Waals surface area contributed by atoms with Gasteiger partial charge in [0, 0.05) is 57.6 Å². The van der Waals surface area contributed by atoms with E-state index in [1.807, 2.05) is 4.90 Å². The van der Waals surface area contributed by atoms with Gasteiger partial charge in [-0.3, -0.25) is 14.3 Å². The minimum atomic E-state index is -4.62. The first-order valence-electron chi connectivity index (χ1n) is 10.9. The van der Waals surface area contributed by atoms with Gasteiger partial charge in [0.25, 0.3) is 5.91 Å². The third kappa shape index (κ3) is 4.08. The van der Waals surface area contributed by atoms with Crippen LogP contribution in [-0.2, 0) is 18.0 Å². The minimum absolute atomic E-state index is 0.147. The van der Waals surface area contributed by atoms with Crippen LogP contribution in [-0.4, -0.2) is 59.7 Å². The predicted octanol–water partition coefficient (Wildman–Crippen LogP) is 2.42. The van der Waals surface area contributed by atoms with Crippen molar-refractivity contribution in [2.75, 3.05) is 38.1 Å². The summed E-state index contributed by atoms with van der Waals surface area (Å²) in [5, 5.41) is 15.8. The van der Waals surface area contributed by atoms with E-state index in [4.69, 9.17) is 5.26 Å². The van der Waals surface area contributed by atoms with Crippen molar-refractivity contribution in [2.24, 2.45) is 18.4 Å². The van der Waals surface area contributed by atoms with Crippen molar-refractivity contribution < 1.29 is 22.8 Å². The van der Waals surface area contributed by atoms with Crippen LogP contribution in [0.2, 0.25) is 0 Å². The first-order valence-corrected chi connectivity index (χ1v) is 10.9. The van der Waals surface area contributed by atoms with E-state index in [2.05, 4.69) is 10.4 Å². The number of carbonyl (C=O) groups excluding carboxylic acids is 2. The summed E-state index contributed by atoms with van der Waals surface area (Å²) in [7, 11) is 3.24. The number of anilines is 1. The lowest BCUT2D eigenvalue weighted by Crippen LogP contribution is -2.48.